The summed E-state index contributed by atoms with van der Waals surface area (Å²) in [6, 6.07) is 3.61. The second kappa shape index (κ2) is 5.83. The van der Waals surface area contributed by atoms with Crippen LogP contribution in [0.25, 0.3) is 5.69 Å². The highest BCUT2D eigenvalue weighted by Gasteiger charge is 2.37. The molecule has 0 atom stereocenters. The molecular weight excluding hydrogens is 313 g/mol. The fourth-order valence-electron chi connectivity index (χ4n) is 2.21. The Labute approximate surface area is 131 Å². The molecule has 8 heteroatoms. The zero-order valence-corrected chi connectivity index (χ0v) is 13.3. The van der Waals surface area contributed by atoms with Crippen LogP contribution in [0.15, 0.2) is 17.0 Å². The van der Waals surface area contributed by atoms with Gasteiger partial charge in [0.1, 0.15) is 0 Å². The topological polar surface area (TPSA) is 56.7 Å². The van der Waals surface area contributed by atoms with Crippen LogP contribution >= 0.6 is 12.6 Å². The summed E-state index contributed by atoms with van der Waals surface area (Å²) in [6.07, 6.45) is -4.00. The molecule has 1 aromatic heterocycles. The van der Waals surface area contributed by atoms with E-state index in [-0.39, 0.29) is 11.9 Å². The van der Waals surface area contributed by atoms with Crippen molar-refractivity contribution in [1.82, 2.24) is 14.8 Å². The van der Waals surface area contributed by atoms with E-state index in [0.717, 1.165) is 15.8 Å². The number of benzene rings is 1. The Bertz CT molecular complexity index is 692. The molecule has 1 heterocycles. The monoisotopic (exact) mass is 330 g/mol. The number of nitrogens with zero attached hydrogens (tertiary/aromatic N) is 3. The zero-order valence-electron chi connectivity index (χ0n) is 12.4. The van der Waals surface area contributed by atoms with Crippen molar-refractivity contribution in [2.75, 3.05) is 5.73 Å². The van der Waals surface area contributed by atoms with Gasteiger partial charge in [-0.05, 0) is 29.5 Å². The second-order valence-corrected chi connectivity index (χ2v) is 5.73. The molecule has 0 amide bonds. The Hall–Kier alpha value is -1.70. The smallest absolute Gasteiger partial charge is 0.368 e. The molecule has 0 saturated heterocycles. The fraction of sp³-hybridized carbons (Fsp3) is 0.429. The SMILES string of the molecule is CCc1cc(C(C)C)c(S)cc1-n1nc(C(F)(F)F)nc1N. The highest BCUT2D eigenvalue weighted by molar-refractivity contribution is 7.80. The first kappa shape index (κ1) is 16.7. The van der Waals surface area contributed by atoms with E-state index in [9.17, 15) is 13.2 Å². The van der Waals surface area contributed by atoms with Crippen LogP contribution in [0.5, 0.6) is 0 Å². The van der Waals surface area contributed by atoms with Crippen LogP contribution < -0.4 is 5.73 Å². The summed E-state index contributed by atoms with van der Waals surface area (Å²) < 4.78 is 39.2. The maximum absolute atomic E-state index is 12.7. The first-order valence-corrected chi connectivity index (χ1v) is 7.25. The van der Waals surface area contributed by atoms with Gasteiger partial charge in [0.2, 0.25) is 5.95 Å². The number of aryl methyl sites for hydroxylation is 1. The molecule has 0 aliphatic heterocycles. The fourth-order valence-corrected chi connectivity index (χ4v) is 2.65. The van der Waals surface area contributed by atoms with Gasteiger partial charge in [-0.15, -0.1) is 17.7 Å². The van der Waals surface area contributed by atoms with Gasteiger partial charge < -0.3 is 5.73 Å². The second-order valence-electron chi connectivity index (χ2n) is 5.25. The number of halogens is 3. The number of hydrogen-bond acceptors (Lipinski definition) is 4. The van der Waals surface area contributed by atoms with E-state index >= 15 is 0 Å². The maximum Gasteiger partial charge on any atom is 0.453 e. The molecule has 2 rings (SSSR count). The summed E-state index contributed by atoms with van der Waals surface area (Å²) in [5, 5.41) is 3.50. The van der Waals surface area contributed by atoms with Gasteiger partial charge in [0, 0.05) is 4.90 Å². The van der Waals surface area contributed by atoms with Crippen LogP contribution in [-0.2, 0) is 12.6 Å². The lowest BCUT2D eigenvalue weighted by atomic mass is 9.98. The molecule has 0 bridgehead atoms. The molecule has 0 aliphatic carbocycles. The average Bonchev–Trinajstić information content (AvgIpc) is 2.80. The first-order valence-electron chi connectivity index (χ1n) is 6.81. The molecule has 0 spiro atoms. The van der Waals surface area contributed by atoms with Crippen molar-refractivity contribution in [1.29, 1.82) is 0 Å². The lowest BCUT2D eigenvalue weighted by Gasteiger charge is -2.15. The molecule has 4 nitrogen and oxygen atoms in total. The van der Waals surface area contributed by atoms with Gasteiger partial charge in [-0.3, -0.25) is 0 Å². The molecule has 2 N–H and O–H groups in total. The van der Waals surface area contributed by atoms with Crippen molar-refractivity contribution in [3.05, 3.63) is 29.1 Å². The molecule has 1 aromatic carbocycles. The van der Waals surface area contributed by atoms with Gasteiger partial charge in [-0.1, -0.05) is 26.8 Å². The van der Waals surface area contributed by atoms with Gasteiger partial charge in [-0.25, -0.2) is 0 Å². The van der Waals surface area contributed by atoms with E-state index in [1.807, 2.05) is 26.8 Å². The highest BCUT2D eigenvalue weighted by atomic mass is 32.1. The minimum Gasteiger partial charge on any atom is -0.368 e. The minimum absolute atomic E-state index is 0.255. The lowest BCUT2D eigenvalue weighted by molar-refractivity contribution is -0.144. The van der Waals surface area contributed by atoms with Crippen molar-refractivity contribution in [3.63, 3.8) is 0 Å². The third-order valence-corrected chi connectivity index (χ3v) is 3.73. The van der Waals surface area contributed by atoms with Crippen LogP contribution in [0.1, 0.15) is 43.6 Å². The molecule has 2 aromatic rings. The molecule has 0 saturated carbocycles. The molecule has 0 fully saturated rings. The van der Waals surface area contributed by atoms with Crippen molar-refractivity contribution >= 4 is 18.6 Å². The molecular formula is C14H17F3N4S. The summed E-state index contributed by atoms with van der Waals surface area (Å²) in [4.78, 5) is 3.99. The van der Waals surface area contributed by atoms with Crippen LogP contribution in [-0.4, -0.2) is 14.8 Å². The predicted octanol–water partition coefficient (Wildman–Crippen LogP) is 3.84. The quantitative estimate of drug-likeness (QED) is 0.841. The molecule has 0 radical (unpaired) electrons. The number of rotatable bonds is 3. The standard InChI is InChI=1S/C14H17F3N4S/c1-4-8-5-9(7(2)3)11(22)6-10(8)21-13(18)19-12(20-21)14(15,16)17/h5-7,22H,4H2,1-3H3,(H2,18,19,20). The predicted molar refractivity (Wildman–Crippen MR) is 81.5 cm³/mol. The number of nitrogen functional groups attached to an aromatic ring is 1. The van der Waals surface area contributed by atoms with Crippen LogP contribution in [0.3, 0.4) is 0 Å². The third-order valence-electron chi connectivity index (χ3n) is 3.34. The van der Waals surface area contributed by atoms with Crippen molar-refractivity contribution in [2.24, 2.45) is 0 Å². The number of anilines is 1. The Morgan fingerprint density at radius 3 is 2.41 bits per heavy atom. The maximum atomic E-state index is 12.7. The van der Waals surface area contributed by atoms with E-state index in [2.05, 4.69) is 22.7 Å². The van der Waals surface area contributed by atoms with Gasteiger partial charge in [0.15, 0.2) is 0 Å². The summed E-state index contributed by atoms with van der Waals surface area (Å²) in [5.74, 6) is -1.29. The van der Waals surface area contributed by atoms with Gasteiger partial charge >= 0.3 is 6.18 Å². The number of hydrogen-bond donors (Lipinski definition) is 2. The summed E-state index contributed by atoms with van der Waals surface area (Å²) >= 11 is 4.42. The van der Waals surface area contributed by atoms with E-state index in [1.54, 1.807) is 6.07 Å². The van der Waals surface area contributed by atoms with E-state index in [0.29, 0.717) is 17.0 Å². The summed E-state index contributed by atoms with van der Waals surface area (Å²) in [5.41, 5.74) is 7.94. The number of nitrogens with two attached hydrogens (primary N) is 1. The van der Waals surface area contributed by atoms with Crippen molar-refractivity contribution < 1.29 is 13.2 Å². The van der Waals surface area contributed by atoms with Gasteiger partial charge in [0.05, 0.1) is 5.69 Å². The average molecular weight is 330 g/mol. The van der Waals surface area contributed by atoms with Crippen molar-refractivity contribution in [2.45, 2.75) is 44.2 Å². The van der Waals surface area contributed by atoms with Crippen LogP contribution in [0, 0.1) is 0 Å². The Balaban J connectivity index is 2.62. The Kier molecular flexibility index (Phi) is 4.42. The largest absolute Gasteiger partial charge is 0.453 e. The number of thiol groups is 1. The Morgan fingerprint density at radius 1 is 1.32 bits per heavy atom. The van der Waals surface area contributed by atoms with Crippen molar-refractivity contribution in [3.8, 4) is 5.69 Å². The first-order chi connectivity index (χ1) is 10.1. The summed E-state index contributed by atoms with van der Waals surface area (Å²) in [7, 11) is 0. The zero-order chi connectivity index (χ0) is 16.7. The van der Waals surface area contributed by atoms with Crippen LogP contribution in [0.2, 0.25) is 0 Å². The molecule has 120 valence electrons. The normalized spacial score (nSPS) is 12.2. The minimum atomic E-state index is -4.63. The van der Waals surface area contributed by atoms with E-state index in [4.69, 9.17) is 5.73 Å². The Morgan fingerprint density at radius 2 is 1.95 bits per heavy atom. The number of alkyl halides is 3. The lowest BCUT2D eigenvalue weighted by Crippen LogP contribution is -2.10. The molecule has 22 heavy (non-hydrogen) atoms. The van der Waals surface area contributed by atoms with E-state index < -0.39 is 12.0 Å². The van der Waals surface area contributed by atoms with Gasteiger partial charge in [0.25, 0.3) is 5.82 Å². The van der Waals surface area contributed by atoms with E-state index in [1.165, 1.54) is 0 Å². The highest BCUT2D eigenvalue weighted by Crippen LogP contribution is 2.31. The third kappa shape index (κ3) is 3.06. The molecule has 0 aliphatic rings. The summed E-state index contributed by atoms with van der Waals surface area (Å²) in [6.45, 7) is 5.97. The number of aromatic nitrogens is 3. The van der Waals surface area contributed by atoms with Crippen LogP contribution in [0.4, 0.5) is 19.1 Å². The molecule has 0 unspecified atom stereocenters. The van der Waals surface area contributed by atoms with Gasteiger partial charge in [-0.2, -0.15) is 22.8 Å².